The van der Waals surface area contributed by atoms with Crippen molar-refractivity contribution in [2.24, 2.45) is 0 Å². The van der Waals surface area contributed by atoms with E-state index >= 15 is 0 Å². The summed E-state index contributed by atoms with van der Waals surface area (Å²) in [6, 6.07) is 12.5. The Morgan fingerprint density at radius 2 is 1.86 bits per heavy atom. The number of aromatic nitrogens is 1. The van der Waals surface area contributed by atoms with E-state index in [1.165, 1.54) is 5.56 Å². The fourth-order valence-corrected chi connectivity index (χ4v) is 2.19. The van der Waals surface area contributed by atoms with E-state index in [1.54, 1.807) is 6.20 Å². The van der Waals surface area contributed by atoms with Crippen molar-refractivity contribution >= 4 is 0 Å². The van der Waals surface area contributed by atoms with Crippen LogP contribution in [0.1, 0.15) is 50.3 Å². The minimum atomic E-state index is 0.202. The molecule has 3 heteroatoms. The summed E-state index contributed by atoms with van der Waals surface area (Å²) in [5, 5.41) is 3.22. The number of benzene rings is 1. The zero-order chi connectivity index (χ0) is 15.2. The van der Waals surface area contributed by atoms with Crippen LogP contribution in [0, 0.1) is 0 Å². The standard InChI is InChI=1S/C18H24N2O/c1-5-13(2)15-8-10-16(11-9-15)21-18-17(14(3)19-4)7-6-12-20-18/h6-14,19H,5H2,1-4H3. The highest BCUT2D eigenvalue weighted by Gasteiger charge is 2.12. The molecule has 0 radical (unpaired) electrons. The third-order valence-electron chi connectivity index (χ3n) is 3.98. The molecule has 3 nitrogen and oxygen atoms in total. The fourth-order valence-electron chi connectivity index (χ4n) is 2.19. The van der Waals surface area contributed by atoms with Crippen LogP contribution in [0.3, 0.4) is 0 Å². The molecule has 0 saturated carbocycles. The fraction of sp³-hybridized carbons (Fsp3) is 0.389. The number of nitrogens with zero attached hydrogens (tertiary/aromatic N) is 1. The molecule has 1 aromatic carbocycles. The Balaban J connectivity index is 2.19. The van der Waals surface area contributed by atoms with E-state index in [0.29, 0.717) is 11.8 Å². The molecule has 21 heavy (non-hydrogen) atoms. The second-order valence-corrected chi connectivity index (χ2v) is 5.39. The highest BCUT2D eigenvalue weighted by molar-refractivity contribution is 5.35. The van der Waals surface area contributed by atoms with Crippen molar-refractivity contribution in [1.82, 2.24) is 10.3 Å². The molecular weight excluding hydrogens is 260 g/mol. The van der Waals surface area contributed by atoms with Gasteiger partial charge in [0, 0.05) is 17.8 Å². The monoisotopic (exact) mass is 284 g/mol. The number of pyridine rings is 1. The van der Waals surface area contributed by atoms with Gasteiger partial charge in [-0.2, -0.15) is 0 Å². The molecule has 1 heterocycles. The zero-order valence-corrected chi connectivity index (χ0v) is 13.3. The molecule has 0 saturated heterocycles. The Labute approximate surface area is 127 Å². The summed E-state index contributed by atoms with van der Waals surface area (Å²) in [4.78, 5) is 4.35. The molecule has 2 rings (SSSR count). The van der Waals surface area contributed by atoms with Crippen molar-refractivity contribution in [3.63, 3.8) is 0 Å². The van der Waals surface area contributed by atoms with Gasteiger partial charge < -0.3 is 10.1 Å². The molecule has 0 spiro atoms. The molecule has 2 aromatic rings. The van der Waals surface area contributed by atoms with Gasteiger partial charge in [-0.05, 0) is 50.1 Å². The van der Waals surface area contributed by atoms with Crippen molar-refractivity contribution in [2.45, 2.75) is 39.2 Å². The largest absolute Gasteiger partial charge is 0.439 e. The van der Waals surface area contributed by atoms with E-state index < -0.39 is 0 Å². The minimum Gasteiger partial charge on any atom is -0.439 e. The third-order valence-corrected chi connectivity index (χ3v) is 3.98. The normalized spacial score (nSPS) is 13.7. The summed E-state index contributed by atoms with van der Waals surface area (Å²) in [6.45, 7) is 6.53. The zero-order valence-electron chi connectivity index (χ0n) is 13.3. The summed E-state index contributed by atoms with van der Waals surface area (Å²) in [7, 11) is 1.93. The molecule has 112 valence electrons. The Morgan fingerprint density at radius 3 is 2.48 bits per heavy atom. The number of ether oxygens (including phenoxy) is 1. The molecule has 0 fully saturated rings. The molecule has 1 aromatic heterocycles. The Bertz CT molecular complexity index is 566. The van der Waals surface area contributed by atoms with Gasteiger partial charge in [-0.15, -0.1) is 0 Å². The molecule has 2 atom stereocenters. The van der Waals surface area contributed by atoms with Crippen molar-refractivity contribution in [3.05, 3.63) is 53.7 Å². The van der Waals surface area contributed by atoms with Gasteiger partial charge in [0.2, 0.25) is 5.88 Å². The molecule has 2 unspecified atom stereocenters. The van der Waals surface area contributed by atoms with Crippen LogP contribution in [-0.4, -0.2) is 12.0 Å². The first kappa shape index (κ1) is 15.5. The smallest absolute Gasteiger partial charge is 0.223 e. The molecule has 1 N–H and O–H groups in total. The Kier molecular flexibility index (Phi) is 5.34. The maximum absolute atomic E-state index is 5.95. The van der Waals surface area contributed by atoms with Crippen LogP contribution in [0.15, 0.2) is 42.6 Å². The topological polar surface area (TPSA) is 34.1 Å². The van der Waals surface area contributed by atoms with E-state index in [1.807, 2.05) is 31.3 Å². The molecular formula is C18H24N2O. The maximum Gasteiger partial charge on any atom is 0.223 e. The van der Waals surface area contributed by atoms with Gasteiger partial charge in [0.1, 0.15) is 5.75 Å². The second kappa shape index (κ2) is 7.23. The van der Waals surface area contributed by atoms with Crippen LogP contribution >= 0.6 is 0 Å². The van der Waals surface area contributed by atoms with Crippen LogP contribution in [-0.2, 0) is 0 Å². The predicted octanol–water partition coefficient (Wildman–Crippen LogP) is 4.67. The summed E-state index contributed by atoms with van der Waals surface area (Å²) < 4.78 is 5.95. The average molecular weight is 284 g/mol. The molecule has 0 aliphatic rings. The van der Waals surface area contributed by atoms with Crippen molar-refractivity contribution in [3.8, 4) is 11.6 Å². The molecule has 0 bridgehead atoms. The highest BCUT2D eigenvalue weighted by Crippen LogP contribution is 2.28. The number of hydrogen-bond acceptors (Lipinski definition) is 3. The SMILES string of the molecule is CCC(C)c1ccc(Oc2ncccc2C(C)NC)cc1. The first-order valence-corrected chi connectivity index (χ1v) is 7.55. The first-order chi connectivity index (χ1) is 10.2. The summed E-state index contributed by atoms with van der Waals surface area (Å²) in [5.41, 5.74) is 2.40. The van der Waals surface area contributed by atoms with E-state index in [9.17, 15) is 0 Å². The molecule has 0 aliphatic heterocycles. The van der Waals surface area contributed by atoms with Crippen LogP contribution in [0.4, 0.5) is 0 Å². The quantitative estimate of drug-likeness (QED) is 0.837. The van der Waals surface area contributed by atoms with E-state index in [4.69, 9.17) is 4.74 Å². The van der Waals surface area contributed by atoms with E-state index in [0.717, 1.165) is 17.7 Å². The van der Waals surface area contributed by atoms with Crippen molar-refractivity contribution < 1.29 is 4.74 Å². The molecule has 0 amide bonds. The van der Waals surface area contributed by atoms with Gasteiger partial charge in [0.25, 0.3) is 0 Å². The second-order valence-electron chi connectivity index (χ2n) is 5.39. The van der Waals surface area contributed by atoms with E-state index in [-0.39, 0.29) is 6.04 Å². The summed E-state index contributed by atoms with van der Waals surface area (Å²) in [6.07, 6.45) is 2.90. The Morgan fingerprint density at radius 1 is 1.14 bits per heavy atom. The van der Waals surface area contributed by atoms with Crippen LogP contribution in [0.25, 0.3) is 0 Å². The lowest BCUT2D eigenvalue weighted by molar-refractivity contribution is 0.446. The number of hydrogen-bond donors (Lipinski definition) is 1. The van der Waals surface area contributed by atoms with E-state index in [2.05, 4.69) is 43.2 Å². The van der Waals surface area contributed by atoms with Gasteiger partial charge in [-0.3, -0.25) is 0 Å². The highest BCUT2D eigenvalue weighted by atomic mass is 16.5. The lowest BCUT2D eigenvalue weighted by Crippen LogP contribution is -2.13. The van der Waals surface area contributed by atoms with Gasteiger partial charge in [-0.25, -0.2) is 4.98 Å². The lowest BCUT2D eigenvalue weighted by atomic mass is 9.99. The van der Waals surface area contributed by atoms with Gasteiger partial charge in [0.05, 0.1) is 0 Å². The van der Waals surface area contributed by atoms with Crippen LogP contribution in [0.2, 0.25) is 0 Å². The summed E-state index contributed by atoms with van der Waals surface area (Å²) in [5.74, 6) is 2.06. The molecule has 0 aliphatic carbocycles. The number of nitrogens with one attached hydrogen (secondary N) is 1. The lowest BCUT2D eigenvalue weighted by Gasteiger charge is -2.15. The van der Waals surface area contributed by atoms with Crippen LogP contribution < -0.4 is 10.1 Å². The average Bonchev–Trinajstić information content (AvgIpc) is 2.54. The van der Waals surface area contributed by atoms with Gasteiger partial charge >= 0.3 is 0 Å². The van der Waals surface area contributed by atoms with Gasteiger partial charge in [0.15, 0.2) is 0 Å². The maximum atomic E-state index is 5.95. The van der Waals surface area contributed by atoms with Crippen molar-refractivity contribution in [1.29, 1.82) is 0 Å². The third kappa shape index (κ3) is 3.82. The number of rotatable bonds is 6. The summed E-state index contributed by atoms with van der Waals surface area (Å²) >= 11 is 0. The van der Waals surface area contributed by atoms with Crippen LogP contribution in [0.5, 0.6) is 11.6 Å². The minimum absolute atomic E-state index is 0.202. The Hall–Kier alpha value is -1.87. The first-order valence-electron chi connectivity index (χ1n) is 7.55. The predicted molar refractivity (Wildman–Crippen MR) is 86.9 cm³/mol. The van der Waals surface area contributed by atoms with Gasteiger partial charge in [-0.1, -0.05) is 32.0 Å². The van der Waals surface area contributed by atoms with Crippen molar-refractivity contribution in [2.75, 3.05) is 7.05 Å².